The van der Waals surface area contributed by atoms with Crippen molar-refractivity contribution in [2.75, 3.05) is 49.7 Å². The fourth-order valence-electron chi connectivity index (χ4n) is 6.66. The third-order valence-electron chi connectivity index (χ3n) is 11.2. The number of ether oxygens (including phenoxy) is 2. The van der Waals surface area contributed by atoms with Crippen LogP contribution in [-0.2, 0) is 82.0 Å². The van der Waals surface area contributed by atoms with E-state index in [1.807, 2.05) is 52.0 Å². The molecule has 0 radical (unpaired) electrons. The van der Waals surface area contributed by atoms with E-state index in [9.17, 15) is 43.9 Å². The largest absolute Gasteiger partial charge is 2.00 e. The zero-order valence-corrected chi connectivity index (χ0v) is 51.5. The molecule has 0 bridgehead atoms. The molecule has 0 amide bonds. The first kappa shape index (κ1) is 71.9. The van der Waals surface area contributed by atoms with E-state index in [0.29, 0.717) is 47.2 Å². The standard InChI is InChI=1S/C32H24N6O6S2.2C10H15NO2.2C2H6OS.Pt/c33-31-25-7-3-1-5-23(25)29(45(39,40)41)17-27(31)37-35-21-13-9-19(10-14-21)20-11-15-22(16-12-20)36-38-28-18-30(46(42,43)44)24-6-2-4-8-26(24)32(28)34;2*1-4-9(5-2)7-13-10(12)8(3)6-11;2*1-4(2)3;/h1-18H,33-34H2,(H,39,40,41)(H,42,43,44);2*9H,3-5,7H2,1-2H3;2*1-2H3;/q;;;;;+2. The van der Waals surface area contributed by atoms with Gasteiger partial charge in [0.05, 0.1) is 36.0 Å². The fourth-order valence-corrected chi connectivity index (χ4v) is 8.09. The number of anilines is 2. The van der Waals surface area contributed by atoms with Crippen molar-refractivity contribution >= 4 is 109 Å². The van der Waals surface area contributed by atoms with Crippen LogP contribution in [0.5, 0.6) is 0 Å². The van der Waals surface area contributed by atoms with Gasteiger partial charge in [0.1, 0.15) is 44.5 Å². The Balaban J connectivity index is 0.000000765. The van der Waals surface area contributed by atoms with Gasteiger partial charge in [0, 0.05) is 68.2 Å². The zero-order valence-electron chi connectivity index (χ0n) is 46.0. The van der Waals surface area contributed by atoms with Crippen LogP contribution in [0.15, 0.2) is 164 Å². The second-order valence-electron chi connectivity index (χ2n) is 17.4. The van der Waals surface area contributed by atoms with Gasteiger partial charge in [-0.05, 0) is 59.4 Å². The van der Waals surface area contributed by atoms with Crippen LogP contribution in [0, 0.1) is 34.5 Å². The molecule has 0 fully saturated rings. The maximum absolute atomic E-state index is 12.0. The third-order valence-corrected chi connectivity index (χ3v) is 13.0. The van der Waals surface area contributed by atoms with Crippen LogP contribution in [0.2, 0.25) is 0 Å². The summed E-state index contributed by atoms with van der Waals surface area (Å²) in [5.41, 5.74) is 15.5. The number of hydrogen-bond donors (Lipinski definition) is 4. The molecule has 6 aromatic rings. The molecule has 0 aliphatic carbocycles. The van der Waals surface area contributed by atoms with Crippen molar-refractivity contribution in [1.82, 2.24) is 0 Å². The van der Waals surface area contributed by atoms with Gasteiger partial charge in [0.25, 0.3) is 20.2 Å². The van der Waals surface area contributed by atoms with Gasteiger partial charge in [0.15, 0.2) is 0 Å². The molecule has 0 heterocycles. The Labute approximate surface area is 493 Å². The molecule has 0 spiro atoms. The van der Waals surface area contributed by atoms with Crippen LogP contribution in [0.1, 0.15) is 53.4 Å². The van der Waals surface area contributed by atoms with E-state index in [0.717, 1.165) is 36.8 Å². The molecule has 25 heteroatoms. The molecule has 20 nitrogen and oxygen atoms in total. The minimum absolute atomic E-state index is 0. The summed E-state index contributed by atoms with van der Waals surface area (Å²) in [4.78, 5) is 21.3. The van der Waals surface area contributed by atoms with Crippen molar-refractivity contribution in [2.45, 2.75) is 63.2 Å². The molecule has 0 aliphatic rings. The molecule has 0 unspecified atom stereocenters. The number of nitriles is 2. The number of carbonyl (C=O) groups excluding carboxylic acids is 2. The molecule has 6 N–H and O–H groups in total. The predicted molar refractivity (Wildman–Crippen MR) is 316 cm³/mol. The maximum Gasteiger partial charge on any atom is 2.00 e. The van der Waals surface area contributed by atoms with E-state index >= 15 is 0 Å². The average Bonchev–Trinajstić information content (AvgIpc) is 3.46. The summed E-state index contributed by atoms with van der Waals surface area (Å²) < 4.78 is 96.2. The Hall–Kier alpha value is -7.15. The summed E-state index contributed by atoms with van der Waals surface area (Å²) in [6.07, 6.45) is 10.5. The summed E-state index contributed by atoms with van der Waals surface area (Å²) in [5.74, 6) is -0.435. The van der Waals surface area contributed by atoms with Gasteiger partial charge < -0.3 is 20.9 Å². The van der Waals surface area contributed by atoms with Gasteiger partial charge in [-0.2, -0.15) is 37.6 Å². The van der Waals surface area contributed by atoms with E-state index in [1.165, 1.54) is 12.1 Å². The first-order valence-corrected chi connectivity index (χ1v) is 31.1. The minimum Gasteiger partial charge on any atom is -0.461 e. The number of esters is 2. The molecule has 0 aromatic heterocycles. The SMILES string of the molecule is C=C(C#N)C(=O)OCC(CC)CC.C=C(C#N)C(=O)OCC(CC)CC.CS(C)=O.CS(C)=O.Nc1c(N=Nc2ccc(-c3ccc(N=Nc4cc(S(=O)(=O)O)c5ccccc5c4N)cc3)cc2)cc(S(=O)(=O)O)c2ccccc12.[Pt+2]. The molecular formula is C56H66N8O12PtS4+2. The minimum atomic E-state index is -4.53. The summed E-state index contributed by atoms with van der Waals surface area (Å²) in [6, 6.07) is 32.9. The fraction of sp³-hybridized carbons (Fsp3) is 0.286. The van der Waals surface area contributed by atoms with Crippen molar-refractivity contribution in [1.29, 1.82) is 10.5 Å². The Morgan fingerprint density at radius 2 is 0.827 bits per heavy atom. The van der Waals surface area contributed by atoms with Crippen molar-refractivity contribution in [3.8, 4) is 23.3 Å². The summed E-state index contributed by atoms with van der Waals surface area (Å²) >= 11 is 0. The van der Waals surface area contributed by atoms with Crippen molar-refractivity contribution in [2.24, 2.45) is 32.3 Å². The monoisotopic (exact) mass is 1370 g/mol. The number of rotatable bonds is 17. The van der Waals surface area contributed by atoms with Crippen LogP contribution in [0.25, 0.3) is 32.7 Å². The number of fused-ring (bicyclic) bond motifs is 2. The van der Waals surface area contributed by atoms with Gasteiger partial charge in [-0.1, -0.05) is 139 Å². The number of nitrogens with zero attached hydrogens (tertiary/aromatic N) is 6. The second-order valence-corrected chi connectivity index (χ2v) is 23.1. The van der Waals surface area contributed by atoms with Crippen LogP contribution in [0.3, 0.4) is 0 Å². The zero-order chi connectivity index (χ0) is 60.3. The van der Waals surface area contributed by atoms with Gasteiger partial charge >= 0.3 is 33.0 Å². The Morgan fingerprint density at radius 3 is 1.07 bits per heavy atom. The van der Waals surface area contributed by atoms with Crippen LogP contribution in [-0.4, -0.2) is 84.5 Å². The van der Waals surface area contributed by atoms with E-state index in [1.54, 1.807) is 110 Å². The van der Waals surface area contributed by atoms with Gasteiger partial charge in [-0.25, -0.2) is 9.59 Å². The Kier molecular flexibility index (Phi) is 31.5. The molecule has 81 heavy (non-hydrogen) atoms. The Morgan fingerprint density at radius 1 is 0.556 bits per heavy atom. The molecule has 0 saturated carbocycles. The van der Waals surface area contributed by atoms with Gasteiger partial charge in [-0.15, -0.1) is 10.2 Å². The first-order valence-electron chi connectivity index (χ1n) is 24.3. The average molecular weight is 1370 g/mol. The second kappa shape index (κ2) is 35.6. The third kappa shape index (κ3) is 24.2. The molecule has 6 rings (SSSR count). The molecule has 434 valence electrons. The Bertz CT molecular complexity index is 3320. The summed E-state index contributed by atoms with van der Waals surface area (Å²) in [5, 5.41) is 34.8. The molecule has 0 saturated heterocycles. The van der Waals surface area contributed by atoms with Crippen molar-refractivity contribution in [3.05, 3.63) is 133 Å². The molecular weight excluding hydrogens is 1300 g/mol. The number of nitrogen functional groups attached to an aromatic ring is 2. The van der Waals surface area contributed by atoms with Crippen molar-refractivity contribution < 1.29 is 74.5 Å². The van der Waals surface area contributed by atoms with E-state index in [4.69, 9.17) is 31.5 Å². The molecule has 0 aliphatic heterocycles. The first-order chi connectivity index (χ1) is 37.7. The molecule has 0 atom stereocenters. The number of nitrogens with two attached hydrogens (primary N) is 2. The number of hydrogen-bond acceptors (Lipinski definition) is 18. The summed E-state index contributed by atoms with van der Waals surface area (Å²) in [7, 11) is -10.3. The van der Waals surface area contributed by atoms with Gasteiger partial charge in [-0.3, -0.25) is 17.5 Å². The van der Waals surface area contributed by atoms with Crippen molar-refractivity contribution in [3.63, 3.8) is 0 Å². The predicted octanol–water partition coefficient (Wildman–Crippen LogP) is 12.2. The molecule has 6 aromatic carbocycles. The normalized spacial score (nSPS) is 11.0. The van der Waals surface area contributed by atoms with Crippen LogP contribution >= 0.6 is 0 Å². The van der Waals surface area contributed by atoms with E-state index in [-0.39, 0.29) is 75.5 Å². The van der Waals surface area contributed by atoms with E-state index in [2.05, 4.69) is 33.6 Å². The summed E-state index contributed by atoms with van der Waals surface area (Å²) in [6.45, 7) is 15.5. The van der Waals surface area contributed by atoms with E-state index < -0.39 is 53.8 Å². The quantitative estimate of drug-likeness (QED) is 0.0165. The number of azo groups is 2. The maximum atomic E-state index is 12.0. The van der Waals surface area contributed by atoms with Gasteiger partial charge in [0.2, 0.25) is 0 Å². The number of benzene rings is 6. The van der Waals surface area contributed by atoms with Crippen LogP contribution < -0.4 is 11.5 Å². The van der Waals surface area contributed by atoms with Crippen LogP contribution in [0.4, 0.5) is 34.1 Å². The topological polar surface area (TPSA) is 345 Å². The number of carbonyl (C=O) groups is 2. The smallest absolute Gasteiger partial charge is 0.461 e.